The Hall–Kier alpha value is -1.80. The zero-order valence-electron chi connectivity index (χ0n) is 14.2. The van der Waals surface area contributed by atoms with Crippen LogP contribution in [0.2, 0.25) is 0 Å². The molecule has 0 N–H and O–H groups in total. The van der Waals surface area contributed by atoms with E-state index >= 15 is 0 Å². The smallest absolute Gasteiger partial charge is 0.220 e. The summed E-state index contributed by atoms with van der Waals surface area (Å²) >= 11 is 0. The minimum absolute atomic E-state index is 0.0742. The standard InChI is InChI=1S/C17H22FN3O3S/c1-2-10-25(22,23)21-9-3-4-14(12-21)17-20-19-16(24-17)11-13-5-7-15(18)8-6-13/h5-8,14H,2-4,9-12H2,1H3. The molecule has 6 nitrogen and oxygen atoms in total. The van der Waals surface area contributed by atoms with Gasteiger partial charge >= 0.3 is 0 Å². The molecule has 1 aromatic carbocycles. The van der Waals surface area contributed by atoms with E-state index in [0.717, 1.165) is 18.4 Å². The highest BCUT2D eigenvalue weighted by Gasteiger charge is 2.31. The Morgan fingerprint density at radius 2 is 2.04 bits per heavy atom. The molecule has 1 aliphatic rings. The SMILES string of the molecule is CCCS(=O)(=O)N1CCCC(c2nnc(Cc3ccc(F)cc3)o2)C1. The molecular formula is C17H22FN3O3S. The van der Waals surface area contributed by atoms with Crippen molar-refractivity contribution >= 4 is 10.0 Å². The van der Waals surface area contributed by atoms with E-state index in [1.165, 1.54) is 16.4 Å². The number of hydrogen-bond donors (Lipinski definition) is 0. The Labute approximate surface area is 147 Å². The molecule has 2 aromatic rings. The van der Waals surface area contributed by atoms with Crippen LogP contribution in [0.3, 0.4) is 0 Å². The quantitative estimate of drug-likeness (QED) is 0.785. The predicted octanol–water partition coefficient (Wildman–Crippen LogP) is 2.72. The van der Waals surface area contributed by atoms with Gasteiger partial charge in [-0.2, -0.15) is 0 Å². The number of rotatable bonds is 6. The van der Waals surface area contributed by atoms with Gasteiger partial charge in [-0.1, -0.05) is 19.1 Å². The largest absolute Gasteiger partial charge is 0.425 e. The molecule has 1 aliphatic heterocycles. The Morgan fingerprint density at radius 1 is 1.28 bits per heavy atom. The predicted molar refractivity (Wildman–Crippen MR) is 91.1 cm³/mol. The summed E-state index contributed by atoms with van der Waals surface area (Å²) in [7, 11) is -3.21. The number of sulfonamides is 1. The third-order valence-corrected chi connectivity index (χ3v) is 6.38. The fourth-order valence-electron chi connectivity index (χ4n) is 3.06. The maximum atomic E-state index is 13.0. The molecule has 2 heterocycles. The highest BCUT2D eigenvalue weighted by molar-refractivity contribution is 7.89. The molecule has 0 amide bonds. The second kappa shape index (κ2) is 7.61. The number of nitrogens with zero attached hydrogens (tertiary/aromatic N) is 3. The van der Waals surface area contributed by atoms with Crippen LogP contribution in [-0.4, -0.2) is 41.8 Å². The molecular weight excluding hydrogens is 345 g/mol. The lowest BCUT2D eigenvalue weighted by Crippen LogP contribution is -2.40. The van der Waals surface area contributed by atoms with E-state index in [1.54, 1.807) is 12.1 Å². The monoisotopic (exact) mass is 367 g/mol. The first kappa shape index (κ1) is 18.0. The maximum Gasteiger partial charge on any atom is 0.220 e. The summed E-state index contributed by atoms with van der Waals surface area (Å²) in [6, 6.07) is 6.15. The first-order valence-electron chi connectivity index (χ1n) is 8.52. The highest BCUT2D eigenvalue weighted by Crippen LogP contribution is 2.28. The molecule has 0 radical (unpaired) electrons. The van der Waals surface area contributed by atoms with Gasteiger partial charge in [0.1, 0.15) is 5.82 Å². The van der Waals surface area contributed by atoms with Gasteiger partial charge in [0.05, 0.1) is 18.1 Å². The lowest BCUT2D eigenvalue weighted by molar-refractivity contribution is 0.281. The van der Waals surface area contributed by atoms with Gasteiger partial charge in [0.15, 0.2) is 0 Å². The van der Waals surface area contributed by atoms with Crippen molar-refractivity contribution in [2.45, 2.75) is 38.5 Å². The van der Waals surface area contributed by atoms with Crippen LogP contribution in [0.5, 0.6) is 0 Å². The van der Waals surface area contributed by atoms with Crippen LogP contribution in [0.4, 0.5) is 4.39 Å². The molecule has 1 unspecified atom stereocenters. The zero-order chi connectivity index (χ0) is 17.9. The molecule has 3 rings (SSSR count). The number of aromatic nitrogens is 2. The van der Waals surface area contributed by atoms with E-state index in [4.69, 9.17) is 4.42 Å². The van der Waals surface area contributed by atoms with Crippen molar-refractivity contribution in [3.63, 3.8) is 0 Å². The lowest BCUT2D eigenvalue weighted by Gasteiger charge is -2.30. The number of piperidine rings is 1. The second-order valence-corrected chi connectivity index (χ2v) is 8.44. The Balaban J connectivity index is 1.68. The average Bonchev–Trinajstić information content (AvgIpc) is 3.06. The van der Waals surface area contributed by atoms with Gasteiger partial charge in [-0.25, -0.2) is 17.1 Å². The summed E-state index contributed by atoms with van der Waals surface area (Å²) in [5, 5.41) is 8.16. The zero-order valence-corrected chi connectivity index (χ0v) is 15.0. The van der Waals surface area contributed by atoms with E-state index in [1.807, 2.05) is 6.92 Å². The first-order valence-corrected chi connectivity index (χ1v) is 10.1. The molecule has 1 fully saturated rings. The average molecular weight is 367 g/mol. The van der Waals surface area contributed by atoms with Crippen LogP contribution in [0.25, 0.3) is 0 Å². The number of benzene rings is 1. The minimum atomic E-state index is -3.21. The van der Waals surface area contributed by atoms with Gasteiger partial charge in [0.2, 0.25) is 21.8 Å². The Kier molecular flexibility index (Phi) is 5.48. The molecule has 1 atom stereocenters. The van der Waals surface area contributed by atoms with E-state index in [-0.39, 0.29) is 17.5 Å². The third-order valence-electron chi connectivity index (χ3n) is 4.34. The molecule has 0 saturated carbocycles. The summed E-state index contributed by atoms with van der Waals surface area (Å²) in [6.45, 7) is 2.80. The lowest BCUT2D eigenvalue weighted by atomic mass is 10.00. The molecule has 0 bridgehead atoms. The summed E-state index contributed by atoms with van der Waals surface area (Å²) in [5.41, 5.74) is 0.882. The highest BCUT2D eigenvalue weighted by atomic mass is 32.2. The van der Waals surface area contributed by atoms with Crippen molar-refractivity contribution in [3.05, 3.63) is 47.4 Å². The van der Waals surface area contributed by atoms with Crippen LogP contribution >= 0.6 is 0 Å². The molecule has 8 heteroatoms. The third kappa shape index (κ3) is 4.43. The van der Waals surface area contributed by atoms with Crippen LogP contribution in [0.1, 0.15) is 49.4 Å². The molecule has 1 aromatic heterocycles. The first-order chi connectivity index (χ1) is 12.0. The molecule has 1 saturated heterocycles. The fraction of sp³-hybridized carbons (Fsp3) is 0.529. The fourth-order valence-corrected chi connectivity index (χ4v) is 4.65. The molecule has 136 valence electrons. The van der Waals surface area contributed by atoms with Gasteiger partial charge in [-0.05, 0) is 37.0 Å². The molecule has 25 heavy (non-hydrogen) atoms. The summed E-state index contributed by atoms with van der Waals surface area (Å²) in [4.78, 5) is 0. The molecule has 0 aliphatic carbocycles. The van der Waals surface area contributed by atoms with Crippen molar-refractivity contribution < 1.29 is 17.2 Å². The van der Waals surface area contributed by atoms with Crippen LogP contribution in [0.15, 0.2) is 28.7 Å². The van der Waals surface area contributed by atoms with Crippen molar-refractivity contribution in [1.82, 2.24) is 14.5 Å². The van der Waals surface area contributed by atoms with Crippen molar-refractivity contribution in [3.8, 4) is 0 Å². The van der Waals surface area contributed by atoms with E-state index in [0.29, 0.717) is 37.7 Å². The topological polar surface area (TPSA) is 76.3 Å². The van der Waals surface area contributed by atoms with Gasteiger partial charge in [0, 0.05) is 13.1 Å². The second-order valence-electron chi connectivity index (χ2n) is 6.35. The van der Waals surface area contributed by atoms with Gasteiger partial charge in [0.25, 0.3) is 0 Å². The number of halogens is 1. The van der Waals surface area contributed by atoms with Gasteiger partial charge in [-0.3, -0.25) is 0 Å². The van der Waals surface area contributed by atoms with E-state index in [2.05, 4.69) is 10.2 Å². The van der Waals surface area contributed by atoms with Crippen LogP contribution < -0.4 is 0 Å². The van der Waals surface area contributed by atoms with Crippen molar-refractivity contribution in [2.75, 3.05) is 18.8 Å². The summed E-state index contributed by atoms with van der Waals surface area (Å²) < 4.78 is 44.8. The maximum absolute atomic E-state index is 13.0. The number of hydrogen-bond acceptors (Lipinski definition) is 5. The normalized spacial score (nSPS) is 19.2. The van der Waals surface area contributed by atoms with Crippen molar-refractivity contribution in [2.24, 2.45) is 0 Å². The van der Waals surface area contributed by atoms with E-state index in [9.17, 15) is 12.8 Å². The molecule has 0 spiro atoms. The van der Waals surface area contributed by atoms with Gasteiger partial charge < -0.3 is 4.42 Å². The van der Waals surface area contributed by atoms with Gasteiger partial charge in [-0.15, -0.1) is 10.2 Å². The minimum Gasteiger partial charge on any atom is -0.425 e. The Bertz CT molecular complexity index is 805. The van der Waals surface area contributed by atoms with E-state index < -0.39 is 10.0 Å². The Morgan fingerprint density at radius 3 is 2.76 bits per heavy atom. The van der Waals surface area contributed by atoms with Crippen LogP contribution in [0, 0.1) is 5.82 Å². The van der Waals surface area contributed by atoms with Crippen LogP contribution in [-0.2, 0) is 16.4 Å². The summed E-state index contributed by atoms with van der Waals surface area (Å²) in [5.74, 6) is 0.739. The van der Waals surface area contributed by atoms with Crippen molar-refractivity contribution in [1.29, 1.82) is 0 Å². The summed E-state index contributed by atoms with van der Waals surface area (Å²) in [6.07, 6.45) is 2.64.